The van der Waals surface area contributed by atoms with Gasteiger partial charge in [0.05, 0.1) is 6.61 Å². The van der Waals surface area contributed by atoms with E-state index in [1.165, 1.54) is 11.1 Å². The van der Waals surface area contributed by atoms with Crippen molar-refractivity contribution in [2.24, 2.45) is 0 Å². The summed E-state index contributed by atoms with van der Waals surface area (Å²) in [5.74, 6) is 0. The summed E-state index contributed by atoms with van der Waals surface area (Å²) in [6.07, 6.45) is 8.44. The zero-order chi connectivity index (χ0) is 15.8. The van der Waals surface area contributed by atoms with Gasteiger partial charge in [-0.2, -0.15) is 0 Å². The highest BCUT2D eigenvalue weighted by molar-refractivity contribution is 5.70. The number of aryl methyl sites for hydroxylation is 1. The van der Waals surface area contributed by atoms with Gasteiger partial charge in [0.1, 0.15) is 6.54 Å². The lowest BCUT2D eigenvalue weighted by molar-refractivity contribution is -0.693. The average Bonchev–Trinajstić information content (AvgIpc) is 2.59. The van der Waals surface area contributed by atoms with Crippen LogP contribution in [0.15, 0.2) is 48.8 Å². The number of halogens is 1. The molecule has 4 heteroatoms. The quantitative estimate of drug-likeness (QED) is 0.500. The van der Waals surface area contributed by atoms with E-state index in [9.17, 15) is 0 Å². The van der Waals surface area contributed by atoms with Gasteiger partial charge in [-0.15, -0.1) is 0 Å². The first-order valence-electron chi connectivity index (χ1n) is 7.90. The molecule has 0 radical (unpaired) electrons. The summed E-state index contributed by atoms with van der Waals surface area (Å²) in [5, 5.41) is 9.08. The predicted molar refractivity (Wildman–Crippen MR) is 92.7 cm³/mol. The molecule has 0 amide bonds. The lowest BCUT2D eigenvalue weighted by atomic mass is 10.1. The molecule has 124 valence electrons. The van der Waals surface area contributed by atoms with E-state index in [1.54, 1.807) is 0 Å². The van der Waals surface area contributed by atoms with E-state index in [0.29, 0.717) is 6.54 Å². The van der Waals surface area contributed by atoms with Crippen molar-refractivity contribution in [2.45, 2.75) is 20.4 Å². The molecule has 1 aromatic carbocycles. The largest absolute Gasteiger partial charge is 1.00 e. The Kier molecular flexibility index (Phi) is 8.87. The Morgan fingerprint density at radius 1 is 0.957 bits per heavy atom. The number of rotatable bonds is 7. The summed E-state index contributed by atoms with van der Waals surface area (Å²) in [6, 6.07) is 12.7. The van der Waals surface area contributed by atoms with Gasteiger partial charge in [0.2, 0.25) is 0 Å². The molecule has 1 aromatic heterocycles. The third-order valence-electron chi connectivity index (χ3n) is 3.76. The first-order valence-corrected chi connectivity index (χ1v) is 7.90. The van der Waals surface area contributed by atoms with Crippen LogP contribution in [0.4, 0.5) is 5.69 Å². The normalized spacial score (nSPS) is 10.6. The first-order chi connectivity index (χ1) is 10.8. The average molecular weight is 424 g/mol. The van der Waals surface area contributed by atoms with E-state index in [-0.39, 0.29) is 30.6 Å². The fraction of sp³-hybridized carbons (Fsp3) is 0.316. The summed E-state index contributed by atoms with van der Waals surface area (Å²) >= 11 is 0. The fourth-order valence-corrected chi connectivity index (χ4v) is 2.37. The van der Waals surface area contributed by atoms with Crippen LogP contribution < -0.4 is 33.4 Å². The first kappa shape index (κ1) is 19.6. The number of likely N-dealkylation sites (N-methyl/N-ethyl adjacent to an activating group) is 1. The van der Waals surface area contributed by atoms with Crippen molar-refractivity contribution in [3.8, 4) is 0 Å². The van der Waals surface area contributed by atoms with Crippen LogP contribution in [-0.4, -0.2) is 24.8 Å². The molecule has 0 aliphatic heterocycles. The molecule has 0 saturated carbocycles. The van der Waals surface area contributed by atoms with Crippen molar-refractivity contribution in [1.29, 1.82) is 0 Å². The Bertz CT molecular complexity index is 594. The molecule has 0 aliphatic rings. The molecule has 0 bridgehead atoms. The Morgan fingerprint density at radius 2 is 1.52 bits per heavy atom. The van der Waals surface area contributed by atoms with Crippen LogP contribution >= 0.6 is 0 Å². The SMILES string of the molecule is CCN(CCO)c1ccc(/C=C/c2cc[n+](CC)cc2)cc1.[I-]. The molecule has 2 aromatic rings. The lowest BCUT2D eigenvalue weighted by Gasteiger charge is -2.21. The molecular formula is C19H25IN2O. The zero-order valence-electron chi connectivity index (χ0n) is 13.8. The molecular weight excluding hydrogens is 399 g/mol. The van der Waals surface area contributed by atoms with Crippen LogP contribution in [0.3, 0.4) is 0 Å². The molecule has 23 heavy (non-hydrogen) atoms. The second-order valence-corrected chi connectivity index (χ2v) is 5.19. The van der Waals surface area contributed by atoms with Crippen LogP contribution in [0, 0.1) is 0 Å². The van der Waals surface area contributed by atoms with E-state index in [2.05, 4.69) is 84.3 Å². The van der Waals surface area contributed by atoms with Gasteiger partial charge in [-0.05, 0) is 37.1 Å². The van der Waals surface area contributed by atoms with Crippen LogP contribution in [0.2, 0.25) is 0 Å². The van der Waals surface area contributed by atoms with Gasteiger partial charge in [0.25, 0.3) is 0 Å². The minimum atomic E-state index is 0. The van der Waals surface area contributed by atoms with Crippen molar-refractivity contribution >= 4 is 17.8 Å². The Morgan fingerprint density at radius 3 is 2.00 bits per heavy atom. The van der Waals surface area contributed by atoms with E-state index in [0.717, 1.165) is 18.8 Å². The van der Waals surface area contributed by atoms with Crippen LogP contribution in [0.25, 0.3) is 12.2 Å². The Hall–Kier alpha value is -1.40. The number of aliphatic hydroxyl groups excluding tert-OH is 1. The van der Waals surface area contributed by atoms with E-state index < -0.39 is 0 Å². The van der Waals surface area contributed by atoms with Crippen LogP contribution in [0.1, 0.15) is 25.0 Å². The van der Waals surface area contributed by atoms with Gasteiger partial charge in [0.15, 0.2) is 12.4 Å². The molecule has 0 atom stereocenters. The van der Waals surface area contributed by atoms with Gasteiger partial charge >= 0.3 is 0 Å². The van der Waals surface area contributed by atoms with Gasteiger partial charge in [-0.1, -0.05) is 24.3 Å². The zero-order valence-corrected chi connectivity index (χ0v) is 16.0. The molecule has 0 saturated heterocycles. The lowest BCUT2D eigenvalue weighted by Crippen LogP contribution is -3.00. The number of nitrogens with zero attached hydrogens (tertiary/aromatic N) is 2. The van der Waals surface area contributed by atoms with Gasteiger partial charge in [-0.25, -0.2) is 4.57 Å². The number of aromatic nitrogens is 1. The number of hydrogen-bond donors (Lipinski definition) is 1. The highest BCUT2D eigenvalue weighted by Gasteiger charge is 2.02. The second kappa shape index (κ2) is 10.4. The molecule has 2 rings (SSSR count). The Balaban J connectivity index is 0.00000264. The molecule has 0 unspecified atom stereocenters. The summed E-state index contributed by atoms with van der Waals surface area (Å²) in [5.41, 5.74) is 3.53. The molecule has 3 nitrogen and oxygen atoms in total. The third-order valence-corrected chi connectivity index (χ3v) is 3.76. The highest BCUT2D eigenvalue weighted by Crippen LogP contribution is 2.16. The van der Waals surface area contributed by atoms with Gasteiger partial charge < -0.3 is 34.0 Å². The molecule has 0 aliphatic carbocycles. The highest BCUT2D eigenvalue weighted by atomic mass is 127. The van der Waals surface area contributed by atoms with Crippen molar-refractivity contribution in [1.82, 2.24) is 0 Å². The molecule has 1 heterocycles. The summed E-state index contributed by atoms with van der Waals surface area (Å²) in [6.45, 7) is 6.98. The monoisotopic (exact) mass is 424 g/mol. The number of hydrogen-bond acceptors (Lipinski definition) is 2. The maximum absolute atomic E-state index is 9.08. The van der Waals surface area contributed by atoms with E-state index >= 15 is 0 Å². The molecule has 0 fully saturated rings. The minimum absolute atomic E-state index is 0. The standard InChI is InChI=1S/C19H25N2O.HI/c1-3-20-13-11-18(12-14-20)6-5-17-7-9-19(10-8-17)21(4-2)15-16-22;/h5-14,22H,3-4,15-16H2,1-2H3;1H/q+1;/p-1. The summed E-state index contributed by atoms with van der Waals surface area (Å²) < 4.78 is 2.15. The Labute approximate surface area is 156 Å². The number of anilines is 1. The predicted octanol–water partition coefficient (Wildman–Crippen LogP) is -0.0130. The fourth-order valence-electron chi connectivity index (χ4n) is 2.37. The maximum Gasteiger partial charge on any atom is 0.169 e. The second-order valence-electron chi connectivity index (χ2n) is 5.19. The van der Waals surface area contributed by atoms with Gasteiger partial charge in [-0.3, -0.25) is 0 Å². The molecule has 0 spiro atoms. The van der Waals surface area contributed by atoms with Gasteiger partial charge in [0, 0.05) is 30.9 Å². The molecule has 1 N–H and O–H groups in total. The van der Waals surface area contributed by atoms with E-state index in [4.69, 9.17) is 5.11 Å². The topological polar surface area (TPSA) is 27.3 Å². The van der Waals surface area contributed by atoms with E-state index in [1.807, 2.05) is 0 Å². The van der Waals surface area contributed by atoms with Crippen molar-refractivity contribution < 1.29 is 33.7 Å². The van der Waals surface area contributed by atoms with Crippen LogP contribution in [-0.2, 0) is 6.54 Å². The smallest absolute Gasteiger partial charge is 0.169 e. The van der Waals surface area contributed by atoms with Crippen molar-refractivity contribution in [2.75, 3.05) is 24.6 Å². The van der Waals surface area contributed by atoms with Crippen molar-refractivity contribution in [3.05, 3.63) is 59.9 Å². The minimum Gasteiger partial charge on any atom is -1.00 e. The van der Waals surface area contributed by atoms with Crippen LogP contribution in [0.5, 0.6) is 0 Å². The third kappa shape index (κ3) is 5.95. The number of aliphatic hydroxyl groups is 1. The number of benzene rings is 1. The summed E-state index contributed by atoms with van der Waals surface area (Å²) in [7, 11) is 0. The summed E-state index contributed by atoms with van der Waals surface area (Å²) in [4.78, 5) is 2.16. The number of pyridine rings is 1. The van der Waals surface area contributed by atoms with Crippen molar-refractivity contribution in [3.63, 3.8) is 0 Å². The maximum atomic E-state index is 9.08.